The smallest absolute Gasteiger partial charge is 0.211 e. The first kappa shape index (κ1) is 11.5. The number of aliphatic imine (C=N–C) groups is 1. The van der Waals surface area contributed by atoms with Gasteiger partial charge < -0.3 is 0 Å². The molecule has 4 rings (SSSR count). The van der Waals surface area contributed by atoms with Crippen LogP contribution in [0.4, 0.5) is 0 Å². The Hall–Kier alpha value is -0.620. The Morgan fingerprint density at radius 2 is 1.59 bits per heavy atom. The topological polar surface area (TPSA) is 29.4 Å². The summed E-state index contributed by atoms with van der Waals surface area (Å²) in [6.07, 6.45) is 11.5. The van der Waals surface area contributed by atoms with Crippen molar-refractivity contribution >= 4 is 6.08 Å². The molecule has 0 amide bonds. The van der Waals surface area contributed by atoms with Gasteiger partial charge in [0.2, 0.25) is 6.08 Å². The molecule has 0 spiro atoms. The van der Waals surface area contributed by atoms with Gasteiger partial charge in [0.15, 0.2) is 0 Å². The second-order valence-electron chi connectivity index (χ2n) is 7.61. The van der Waals surface area contributed by atoms with E-state index in [1.54, 1.807) is 6.08 Å². The molecule has 4 fully saturated rings. The lowest BCUT2D eigenvalue weighted by Gasteiger charge is -2.58. The van der Waals surface area contributed by atoms with Crippen LogP contribution in [0.25, 0.3) is 0 Å². The molecule has 17 heavy (non-hydrogen) atoms. The van der Waals surface area contributed by atoms with Crippen molar-refractivity contribution in [3.05, 3.63) is 0 Å². The maximum Gasteiger partial charge on any atom is 0.235 e. The molecule has 0 aromatic rings. The minimum absolute atomic E-state index is 0.201. The monoisotopic (exact) mass is 233 g/mol. The number of isocyanates is 1. The first-order valence-corrected chi connectivity index (χ1v) is 7.09. The number of rotatable bonds is 3. The molecule has 94 valence electrons. The molecule has 4 bridgehead atoms. The highest BCUT2D eigenvalue weighted by molar-refractivity contribution is 5.34. The predicted molar refractivity (Wildman–Crippen MR) is 67.4 cm³/mol. The van der Waals surface area contributed by atoms with E-state index in [-0.39, 0.29) is 5.54 Å². The third-order valence-corrected chi connectivity index (χ3v) is 5.32. The zero-order valence-corrected chi connectivity index (χ0v) is 11.0. The van der Waals surface area contributed by atoms with Gasteiger partial charge in [0.05, 0.1) is 5.54 Å². The van der Waals surface area contributed by atoms with E-state index in [4.69, 9.17) is 0 Å². The number of carbonyl (C=O) groups excluding carboxylic acids is 1. The second kappa shape index (κ2) is 3.68. The minimum atomic E-state index is -0.201. The second-order valence-corrected chi connectivity index (χ2v) is 7.61. The zero-order chi connectivity index (χ0) is 12.1. The molecule has 2 heteroatoms. The molecule has 4 aliphatic carbocycles. The lowest BCUT2D eigenvalue weighted by atomic mass is 9.48. The van der Waals surface area contributed by atoms with E-state index in [0.29, 0.717) is 5.41 Å². The maximum absolute atomic E-state index is 10.5. The molecule has 0 aromatic heterocycles. The van der Waals surface area contributed by atoms with Crippen LogP contribution in [0.5, 0.6) is 0 Å². The van der Waals surface area contributed by atoms with Crippen LogP contribution in [-0.4, -0.2) is 11.6 Å². The van der Waals surface area contributed by atoms with Crippen molar-refractivity contribution in [3.63, 3.8) is 0 Å². The van der Waals surface area contributed by atoms with Gasteiger partial charge in [0, 0.05) is 0 Å². The average Bonchev–Trinajstić information content (AvgIpc) is 2.11. The fraction of sp³-hybridized carbons (Fsp3) is 0.933. The van der Waals surface area contributed by atoms with Gasteiger partial charge in [-0.15, -0.1) is 0 Å². The maximum atomic E-state index is 10.5. The summed E-state index contributed by atoms with van der Waals surface area (Å²) in [5, 5.41) is 0. The predicted octanol–water partition coefficient (Wildman–Crippen LogP) is 3.71. The fourth-order valence-electron chi connectivity index (χ4n) is 5.59. The Balaban J connectivity index is 1.80. The average molecular weight is 233 g/mol. The number of hydrogen-bond acceptors (Lipinski definition) is 2. The molecule has 0 atom stereocenters. The first-order chi connectivity index (χ1) is 8.00. The number of nitrogens with zero attached hydrogens (tertiary/aromatic N) is 1. The summed E-state index contributed by atoms with van der Waals surface area (Å²) >= 11 is 0. The van der Waals surface area contributed by atoms with Crippen LogP contribution in [0.1, 0.15) is 58.8 Å². The SMILES string of the molecule is CC(C)(CC12CC3CC(CC(C3)C1)C2)N=C=O. The number of hydrogen-bond donors (Lipinski definition) is 0. The third-order valence-electron chi connectivity index (χ3n) is 5.32. The standard InChI is InChI=1S/C15H23NO/c1-14(2,16-10-17)9-15-6-11-3-12(7-15)5-13(4-11)8-15/h11-13H,3-9H2,1-2H3. The van der Waals surface area contributed by atoms with Crippen LogP contribution in [-0.2, 0) is 4.79 Å². The molecular formula is C15H23NO. The van der Waals surface area contributed by atoms with E-state index >= 15 is 0 Å². The lowest BCUT2D eigenvalue weighted by molar-refractivity contribution is -0.0653. The highest BCUT2D eigenvalue weighted by Crippen LogP contribution is 2.62. The summed E-state index contributed by atoms with van der Waals surface area (Å²) in [6.45, 7) is 4.19. The summed E-state index contributed by atoms with van der Waals surface area (Å²) < 4.78 is 0. The van der Waals surface area contributed by atoms with Crippen molar-refractivity contribution in [1.29, 1.82) is 0 Å². The summed E-state index contributed by atoms with van der Waals surface area (Å²) in [4.78, 5) is 14.5. The van der Waals surface area contributed by atoms with Gasteiger partial charge in [-0.1, -0.05) is 0 Å². The Bertz CT molecular complexity index is 330. The van der Waals surface area contributed by atoms with Crippen molar-refractivity contribution < 1.29 is 4.79 Å². The van der Waals surface area contributed by atoms with Gasteiger partial charge in [-0.3, -0.25) is 0 Å². The van der Waals surface area contributed by atoms with Crippen molar-refractivity contribution in [2.24, 2.45) is 28.2 Å². The Morgan fingerprint density at radius 3 is 2.00 bits per heavy atom. The highest BCUT2D eigenvalue weighted by Gasteiger charge is 2.52. The molecule has 0 N–H and O–H groups in total. The molecule has 4 saturated carbocycles. The molecule has 0 aliphatic heterocycles. The molecule has 0 saturated heterocycles. The van der Waals surface area contributed by atoms with Gasteiger partial charge in [0.25, 0.3) is 0 Å². The Labute approximate surface area is 104 Å². The van der Waals surface area contributed by atoms with Crippen LogP contribution >= 0.6 is 0 Å². The summed E-state index contributed by atoms with van der Waals surface area (Å²) in [6, 6.07) is 0. The van der Waals surface area contributed by atoms with Gasteiger partial charge in [-0.25, -0.2) is 4.79 Å². The molecule has 0 aromatic carbocycles. The zero-order valence-electron chi connectivity index (χ0n) is 11.0. The normalized spacial score (nSPS) is 43.5. The van der Waals surface area contributed by atoms with Crippen molar-refractivity contribution in [3.8, 4) is 0 Å². The molecule has 0 radical (unpaired) electrons. The van der Waals surface area contributed by atoms with Crippen LogP contribution in [0, 0.1) is 23.2 Å². The van der Waals surface area contributed by atoms with Gasteiger partial charge in [-0.05, 0) is 82.0 Å². The van der Waals surface area contributed by atoms with Gasteiger partial charge in [0.1, 0.15) is 0 Å². The van der Waals surface area contributed by atoms with Crippen molar-refractivity contribution in [1.82, 2.24) is 0 Å². The summed E-state index contributed by atoms with van der Waals surface area (Å²) in [7, 11) is 0. The molecule has 2 nitrogen and oxygen atoms in total. The van der Waals surface area contributed by atoms with E-state index in [1.807, 2.05) is 0 Å². The molecule has 0 unspecified atom stereocenters. The molecular weight excluding hydrogens is 210 g/mol. The first-order valence-electron chi connectivity index (χ1n) is 7.09. The summed E-state index contributed by atoms with van der Waals surface area (Å²) in [5.41, 5.74) is 0.312. The molecule has 0 heterocycles. The highest BCUT2D eigenvalue weighted by atomic mass is 16.1. The molecule has 4 aliphatic rings. The lowest BCUT2D eigenvalue weighted by Crippen LogP contribution is -2.48. The summed E-state index contributed by atoms with van der Waals surface area (Å²) in [5.74, 6) is 2.95. The van der Waals surface area contributed by atoms with E-state index in [0.717, 1.165) is 24.2 Å². The van der Waals surface area contributed by atoms with Crippen LogP contribution in [0.15, 0.2) is 4.99 Å². The fourth-order valence-corrected chi connectivity index (χ4v) is 5.59. The van der Waals surface area contributed by atoms with Crippen LogP contribution in [0.3, 0.4) is 0 Å². The largest absolute Gasteiger partial charge is 0.235 e. The minimum Gasteiger partial charge on any atom is -0.211 e. The van der Waals surface area contributed by atoms with Gasteiger partial charge >= 0.3 is 0 Å². The Morgan fingerprint density at radius 1 is 1.12 bits per heavy atom. The van der Waals surface area contributed by atoms with Gasteiger partial charge in [-0.2, -0.15) is 4.99 Å². The van der Waals surface area contributed by atoms with E-state index in [9.17, 15) is 4.79 Å². The quantitative estimate of drug-likeness (QED) is 0.540. The van der Waals surface area contributed by atoms with E-state index in [2.05, 4.69) is 18.8 Å². The van der Waals surface area contributed by atoms with Crippen molar-refractivity contribution in [2.45, 2.75) is 64.3 Å². The Kier molecular flexibility index (Phi) is 2.49. The van der Waals surface area contributed by atoms with Crippen LogP contribution in [0.2, 0.25) is 0 Å². The third kappa shape index (κ3) is 2.08. The van der Waals surface area contributed by atoms with Crippen LogP contribution < -0.4 is 0 Å². The van der Waals surface area contributed by atoms with E-state index in [1.165, 1.54) is 38.5 Å². The van der Waals surface area contributed by atoms with E-state index < -0.39 is 0 Å². The van der Waals surface area contributed by atoms with Crippen molar-refractivity contribution in [2.75, 3.05) is 0 Å².